The van der Waals surface area contributed by atoms with Crippen LogP contribution in [-0.4, -0.2) is 48.5 Å². The topological polar surface area (TPSA) is 101 Å². The zero-order valence-electron chi connectivity index (χ0n) is 16.9. The lowest BCUT2D eigenvalue weighted by Crippen LogP contribution is -2.37. The maximum absolute atomic E-state index is 12.3. The Hall–Kier alpha value is -3.75. The van der Waals surface area contributed by atoms with Gasteiger partial charge in [0.25, 0.3) is 0 Å². The van der Waals surface area contributed by atoms with Crippen LogP contribution in [-0.2, 0) is 4.74 Å². The number of fused-ring (bicyclic) bond motifs is 1. The first-order chi connectivity index (χ1) is 14.5. The molecule has 0 saturated carbocycles. The summed E-state index contributed by atoms with van der Waals surface area (Å²) in [4.78, 5) is 23.0. The van der Waals surface area contributed by atoms with Crippen LogP contribution in [0.15, 0.2) is 43.0 Å². The normalized spacial score (nSPS) is 16.6. The summed E-state index contributed by atoms with van der Waals surface area (Å²) in [6.45, 7) is 6.54. The van der Waals surface area contributed by atoms with Gasteiger partial charge >= 0.3 is 6.09 Å². The zero-order valence-corrected chi connectivity index (χ0v) is 16.9. The largest absolute Gasteiger partial charge is 0.447 e. The SMILES string of the molecule is Cc1cc(-c2cnn3ccc(N4C(=O)OC[C@@H]4C(C)C)nc23)ccc1-c1ncn[nH]1. The monoisotopic (exact) mass is 403 g/mol. The number of ether oxygens (including phenoxy) is 1. The van der Waals surface area contributed by atoms with Crippen LogP contribution in [0.3, 0.4) is 0 Å². The molecule has 1 saturated heterocycles. The lowest BCUT2D eigenvalue weighted by molar-refractivity contribution is 0.177. The van der Waals surface area contributed by atoms with Crippen molar-refractivity contribution in [3.8, 4) is 22.5 Å². The van der Waals surface area contributed by atoms with Crippen molar-refractivity contribution in [2.45, 2.75) is 26.8 Å². The molecule has 4 aromatic rings. The number of H-pyrrole nitrogens is 1. The molecular formula is C21H21N7O2. The van der Waals surface area contributed by atoms with Gasteiger partial charge in [0, 0.05) is 17.3 Å². The van der Waals surface area contributed by atoms with Gasteiger partial charge in [-0.15, -0.1) is 0 Å². The summed E-state index contributed by atoms with van der Waals surface area (Å²) in [6.07, 6.45) is 4.74. The molecule has 0 unspecified atom stereocenters. The fraction of sp³-hybridized carbons (Fsp3) is 0.286. The summed E-state index contributed by atoms with van der Waals surface area (Å²) in [7, 11) is 0. The molecule has 3 aromatic heterocycles. The third-order valence-electron chi connectivity index (χ3n) is 5.48. The van der Waals surface area contributed by atoms with Crippen LogP contribution in [0.4, 0.5) is 10.6 Å². The summed E-state index contributed by atoms with van der Waals surface area (Å²) in [6, 6.07) is 7.85. The minimum atomic E-state index is -0.362. The molecule has 9 nitrogen and oxygen atoms in total. The maximum atomic E-state index is 12.3. The van der Waals surface area contributed by atoms with Crippen molar-refractivity contribution < 1.29 is 9.53 Å². The smallest absolute Gasteiger partial charge is 0.415 e. The zero-order chi connectivity index (χ0) is 20.8. The van der Waals surface area contributed by atoms with E-state index in [2.05, 4.69) is 40.2 Å². The summed E-state index contributed by atoms with van der Waals surface area (Å²) in [5.41, 5.74) is 4.60. The van der Waals surface area contributed by atoms with Gasteiger partial charge in [-0.25, -0.2) is 19.3 Å². The summed E-state index contributed by atoms with van der Waals surface area (Å²) in [5.74, 6) is 1.55. The Morgan fingerprint density at radius 1 is 1.23 bits per heavy atom. The number of benzene rings is 1. The highest BCUT2D eigenvalue weighted by molar-refractivity contribution is 5.90. The highest BCUT2D eigenvalue weighted by atomic mass is 16.6. The van der Waals surface area contributed by atoms with Crippen molar-refractivity contribution in [3.63, 3.8) is 0 Å². The molecule has 1 fully saturated rings. The van der Waals surface area contributed by atoms with E-state index in [9.17, 15) is 4.79 Å². The van der Waals surface area contributed by atoms with E-state index in [1.165, 1.54) is 6.33 Å². The van der Waals surface area contributed by atoms with Crippen LogP contribution in [0.5, 0.6) is 0 Å². The third-order valence-corrected chi connectivity index (χ3v) is 5.48. The summed E-state index contributed by atoms with van der Waals surface area (Å²) >= 11 is 0. The van der Waals surface area contributed by atoms with Gasteiger partial charge in [0.1, 0.15) is 18.8 Å². The van der Waals surface area contributed by atoms with E-state index >= 15 is 0 Å². The van der Waals surface area contributed by atoms with E-state index in [-0.39, 0.29) is 18.1 Å². The van der Waals surface area contributed by atoms with Crippen LogP contribution in [0.1, 0.15) is 19.4 Å². The van der Waals surface area contributed by atoms with Crippen LogP contribution in [0.2, 0.25) is 0 Å². The van der Waals surface area contributed by atoms with E-state index in [0.29, 0.717) is 18.1 Å². The molecule has 30 heavy (non-hydrogen) atoms. The molecule has 0 aliphatic carbocycles. The average Bonchev–Trinajstić information content (AvgIpc) is 3.47. The second kappa shape index (κ2) is 6.94. The molecular weight excluding hydrogens is 382 g/mol. The van der Waals surface area contributed by atoms with E-state index in [4.69, 9.17) is 9.72 Å². The highest BCUT2D eigenvalue weighted by Crippen LogP contribution is 2.31. The van der Waals surface area contributed by atoms with Gasteiger partial charge in [0.05, 0.1) is 12.2 Å². The Bertz CT molecular complexity index is 1230. The molecule has 0 bridgehead atoms. The minimum Gasteiger partial charge on any atom is -0.447 e. The van der Waals surface area contributed by atoms with Crippen molar-refractivity contribution in [2.75, 3.05) is 11.5 Å². The number of hydrogen-bond acceptors (Lipinski definition) is 6. The van der Waals surface area contributed by atoms with Gasteiger partial charge in [-0.05, 0) is 30.0 Å². The molecule has 1 atom stereocenters. The van der Waals surface area contributed by atoms with Gasteiger partial charge in [-0.3, -0.25) is 10.00 Å². The molecule has 1 aliphatic heterocycles. The third kappa shape index (κ3) is 2.90. The predicted octanol–water partition coefficient (Wildman–Crippen LogP) is 3.47. The van der Waals surface area contributed by atoms with Crippen molar-refractivity contribution in [2.24, 2.45) is 5.92 Å². The maximum Gasteiger partial charge on any atom is 0.415 e. The first kappa shape index (κ1) is 18.3. The molecule has 9 heteroatoms. The van der Waals surface area contributed by atoms with Crippen LogP contribution in [0, 0.1) is 12.8 Å². The first-order valence-corrected chi connectivity index (χ1v) is 9.80. The number of rotatable bonds is 4. The van der Waals surface area contributed by atoms with Crippen LogP contribution < -0.4 is 4.90 Å². The lowest BCUT2D eigenvalue weighted by Gasteiger charge is -2.23. The predicted molar refractivity (Wildman–Crippen MR) is 111 cm³/mol. The van der Waals surface area contributed by atoms with Crippen LogP contribution >= 0.6 is 0 Å². The second-order valence-corrected chi connectivity index (χ2v) is 7.73. The number of hydrogen-bond donors (Lipinski definition) is 1. The fourth-order valence-electron chi connectivity index (χ4n) is 3.82. The lowest BCUT2D eigenvalue weighted by atomic mass is 10.0. The van der Waals surface area contributed by atoms with Crippen molar-refractivity contribution in [1.29, 1.82) is 0 Å². The van der Waals surface area contributed by atoms with Gasteiger partial charge in [0.15, 0.2) is 11.5 Å². The Labute approximate surface area is 172 Å². The number of aryl methyl sites for hydroxylation is 1. The van der Waals surface area contributed by atoms with Crippen molar-refractivity contribution in [3.05, 3.63) is 48.5 Å². The molecule has 1 N–H and O–H groups in total. The Kier molecular flexibility index (Phi) is 4.23. The van der Waals surface area contributed by atoms with Crippen molar-refractivity contribution >= 4 is 17.6 Å². The molecule has 0 spiro atoms. The van der Waals surface area contributed by atoms with Crippen LogP contribution in [0.25, 0.3) is 28.2 Å². The van der Waals surface area contributed by atoms with E-state index in [1.807, 2.05) is 25.3 Å². The van der Waals surface area contributed by atoms with Gasteiger partial charge in [-0.2, -0.15) is 10.2 Å². The number of aromatic nitrogens is 6. The highest BCUT2D eigenvalue weighted by Gasteiger charge is 2.37. The fourth-order valence-corrected chi connectivity index (χ4v) is 3.82. The van der Waals surface area contributed by atoms with Gasteiger partial charge in [-0.1, -0.05) is 32.0 Å². The molecule has 1 aromatic carbocycles. The molecule has 152 valence electrons. The minimum absolute atomic E-state index is 0.0396. The number of carbonyl (C=O) groups is 1. The number of anilines is 1. The molecule has 1 aliphatic rings. The summed E-state index contributed by atoms with van der Waals surface area (Å²) < 4.78 is 6.99. The number of aromatic amines is 1. The number of nitrogens with zero attached hydrogens (tertiary/aromatic N) is 6. The quantitative estimate of drug-likeness (QED) is 0.560. The van der Waals surface area contributed by atoms with E-state index in [0.717, 1.165) is 28.1 Å². The average molecular weight is 403 g/mol. The molecule has 5 rings (SSSR count). The van der Waals surface area contributed by atoms with Gasteiger partial charge in [0.2, 0.25) is 0 Å². The molecule has 0 radical (unpaired) electrons. The number of carbonyl (C=O) groups excluding carboxylic acids is 1. The standard InChI is InChI=1S/C21H21N7O2/c1-12(2)17-10-30-21(29)28(17)18-6-7-27-20(25-18)16(9-24-27)14-4-5-15(13(3)8-14)19-22-11-23-26-19/h4-9,11-12,17H,10H2,1-3H3,(H,22,23,26)/t17-/m1/s1. The van der Waals surface area contributed by atoms with Crippen molar-refractivity contribution in [1.82, 2.24) is 29.8 Å². The number of nitrogens with one attached hydrogen (secondary N) is 1. The van der Waals surface area contributed by atoms with E-state index in [1.54, 1.807) is 21.7 Å². The molecule has 4 heterocycles. The Morgan fingerprint density at radius 3 is 2.83 bits per heavy atom. The number of cyclic esters (lactones) is 1. The summed E-state index contributed by atoms with van der Waals surface area (Å²) in [5, 5.41) is 11.2. The Morgan fingerprint density at radius 2 is 2.10 bits per heavy atom. The Balaban J connectivity index is 1.57. The van der Waals surface area contributed by atoms with Gasteiger partial charge < -0.3 is 4.74 Å². The molecule has 1 amide bonds. The second-order valence-electron chi connectivity index (χ2n) is 7.73. The number of amides is 1. The van der Waals surface area contributed by atoms with E-state index < -0.39 is 0 Å². The first-order valence-electron chi connectivity index (χ1n) is 9.80.